The van der Waals surface area contributed by atoms with Crippen LogP contribution in [0.15, 0.2) is 10.7 Å². The number of nitrogens with two attached hydrogens (primary N) is 1. The number of hydrogen-bond donors (Lipinski definition) is 1. The van der Waals surface area contributed by atoms with E-state index < -0.39 is 0 Å². The van der Waals surface area contributed by atoms with Gasteiger partial charge in [0.2, 0.25) is 0 Å². The minimum atomic E-state index is -0.217. The second-order valence-corrected chi connectivity index (χ2v) is 2.89. The Morgan fingerprint density at radius 1 is 1.73 bits per heavy atom. The maximum atomic E-state index is 5.91. The molecule has 0 aromatic carbocycles. The Kier molecular flexibility index (Phi) is 1.20. The Morgan fingerprint density at radius 3 is 3.00 bits per heavy atom. The molecule has 4 heteroatoms. The Morgan fingerprint density at radius 2 is 2.45 bits per heavy atom. The first-order chi connectivity index (χ1) is 5.26. The van der Waals surface area contributed by atoms with E-state index in [1.807, 2.05) is 0 Å². The maximum absolute atomic E-state index is 5.91. The first-order valence-corrected chi connectivity index (χ1v) is 3.54. The van der Waals surface area contributed by atoms with Crippen molar-refractivity contribution in [2.45, 2.75) is 18.4 Å². The van der Waals surface area contributed by atoms with E-state index in [9.17, 15) is 0 Å². The van der Waals surface area contributed by atoms with Gasteiger partial charge in [0, 0.05) is 5.54 Å². The molecule has 1 saturated carbocycles. The molecule has 1 fully saturated rings. The minimum Gasteiger partial charge on any atom is -0.467 e. The van der Waals surface area contributed by atoms with Crippen LogP contribution in [0.2, 0.25) is 0 Å². The molecule has 1 aliphatic carbocycles. The zero-order chi connectivity index (χ0) is 7.90. The van der Waals surface area contributed by atoms with Crippen LogP contribution in [0.1, 0.15) is 18.4 Å². The lowest BCUT2D eigenvalue weighted by Crippen LogP contribution is -2.18. The van der Waals surface area contributed by atoms with Crippen molar-refractivity contribution in [2.75, 3.05) is 7.11 Å². The molecule has 0 radical (unpaired) electrons. The van der Waals surface area contributed by atoms with Crippen LogP contribution in [-0.4, -0.2) is 12.3 Å². The first-order valence-electron chi connectivity index (χ1n) is 3.54. The maximum Gasteiger partial charge on any atom is 0.315 e. The quantitative estimate of drug-likeness (QED) is 0.678. The molecule has 4 nitrogen and oxygen atoms in total. The van der Waals surface area contributed by atoms with Crippen LogP contribution < -0.4 is 10.5 Å². The van der Waals surface area contributed by atoms with Crippen molar-refractivity contribution in [3.8, 4) is 5.95 Å². The van der Waals surface area contributed by atoms with Gasteiger partial charge in [0.25, 0.3) is 0 Å². The minimum absolute atomic E-state index is 0.217. The van der Waals surface area contributed by atoms with Gasteiger partial charge in [0.1, 0.15) is 0 Å². The highest BCUT2D eigenvalue weighted by Gasteiger charge is 2.44. The highest BCUT2D eigenvalue weighted by Crippen LogP contribution is 2.46. The molecule has 0 unspecified atom stereocenters. The van der Waals surface area contributed by atoms with E-state index in [0.29, 0.717) is 5.95 Å². The number of rotatable bonds is 2. The molecule has 2 N–H and O–H groups in total. The molecule has 1 aliphatic rings. The third-order valence-electron chi connectivity index (χ3n) is 2.05. The van der Waals surface area contributed by atoms with E-state index in [1.165, 1.54) is 0 Å². The number of hydrogen-bond acceptors (Lipinski definition) is 4. The largest absolute Gasteiger partial charge is 0.467 e. The van der Waals surface area contributed by atoms with Gasteiger partial charge in [0.15, 0.2) is 0 Å². The summed E-state index contributed by atoms with van der Waals surface area (Å²) in [6.07, 6.45) is 3.61. The normalized spacial score (nSPS) is 19.8. The zero-order valence-electron chi connectivity index (χ0n) is 6.33. The lowest BCUT2D eigenvalue weighted by Gasteiger charge is -2.04. The fourth-order valence-corrected chi connectivity index (χ4v) is 1.11. The van der Waals surface area contributed by atoms with Gasteiger partial charge in [0.05, 0.1) is 18.9 Å². The van der Waals surface area contributed by atoms with Gasteiger partial charge in [-0.05, 0) is 12.8 Å². The van der Waals surface area contributed by atoms with E-state index in [-0.39, 0.29) is 5.54 Å². The Bertz CT molecular complexity index is 265. The summed E-state index contributed by atoms with van der Waals surface area (Å²) < 4.78 is 9.77. The van der Waals surface area contributed by atoms with Crippen LogP contribution in [-0.2, 0) is 5.54 Å². The monoisotopic (exact) mass is 154 g/mol. The van der Waals surface area contributed by atoms with E-state index in [0.717, 1.165) is 18.4 Å². The second kappa shape index (κ2) is 1.98. The van der Waals surface area contributed by atoms with Crippen molar-refractivity contribution in [3.63, 3.8) is 0 Å². The molecule has 1 heterocycles. The lowest BCUT2D eigenvalue weighted by molar-refractivity contribution is 0.256. The van der Waals surface area contributed by atoms with Crippen molar-refractivity contribution < 1.29 is 9.26 Å². The van der Waals surface area contributed by atoms with Crippen molar-refractivity contribution in [1.29, 1.82) is 0 Å². The van der Waals surface area contributed by atoms with Crippen LogP contribution >= 0.6 is 0 Å². The van der Waals surface area contributed by atoms with Gasteiger partial charge in [-0.25, -0.2) is 0 Å². The third-order valence-corrected chi connectivity index (χ3v) is 2.05. The van der Waals surface area contributed by atoms with Crippen molar-refractivity contribution in [1.82, 2.24) is 5.16 Å². The molecule has 0 aliphatic heterocycles. The fraction of sp³-hybridized carbons (Fsp3) is 0.571. The molecule has 0 saturated heterocycles. The summed E-state index contributed by atoms with van der Waals surface area (Å²) in [7, 11) is 1.55. The zero-order valence-corrected chi connectivity index (χ0v) is 6.33. The van der Waals surface area contributed by atoms with Gasteiger partial charge in [-0.2, -0.15) is 0 Å². The standard InChI is InChI=1S/C7H10N2O2/c1-10-6-5(4-9-11-6)7(8)2-3-7/h4H,2-3,8H2,1H3. The summed E-state index contributed by atoms with van der Waals surface area (Å²) in [4.78, 5) is 0. The second-order valence-electron chi connectivity index (χ2n) is 2.89. The van der Waals surface area contributed by atoms with Crippen LogP contribution in [0.25, 0.3) is 0 Å². The highest BCUT2D eigenvalue weighted by atomic mass is 16.6. The number of aromatic nitrogens is 1. The van der Waals surface area contributed by atoms with Gasteiger partial charge < -0.3 is 15.0 Å². The van der Waals surface area contributed by atoms with Crippen molar-refractivity contribution in [3.05, 3.63) is 11.8 Å². The molecule has 0 bridgehead atoms. The first kappa shape index (κ1) is 6.67. The topological polar surface area (TPSA) is 61.3 Å². The highest BCUT2D eigenvalue weighted by molar-refractivity contribution is 5.33. The summed E-state index contributed by atoms with van der Waals surface area (Å²) >= 11 is 0. The van der Waals surface area contributed by atoms with Crippen LogP contribution in [0.3, 0.4) is 0 Å². The van der Waals surface area contributed by atoms with Crippen LogP contribution in [0, 0.1) is 0 Å². The summed E-state index contributed by atoms with van der Waals surface area (Å²) in [6.45, 7) is 0. The van der Waals surface area contributed by atoms with Crippen molar-refractivity contribution in [2.24, 2.45) is 5.73 Å². The summed E-state index contributed by atoms with van der Waals surface area (Å²) in [5.74, 6) is 0.449. The molecular formula is C7H10N2O2. The SMILES string of the molecule is COc1oncc1C1(N)CC1. The Hall–Kier alpha value is -1.03. The Labute approximate surface area is 64.3 Å². The van der Waals surface area contributed by atoms with Gasteiger partial charge in [-0.3, -0.25) is 0 Å². The Balaban J connectivity index is 2.36. The number of methoxy groups -OCH3 is 1. The van der Waals surface area contributed by atoms with E-state index in [2.05, 4.69) is 5.16 Å². The smallest absolute Gasteiger partial charge is 0.315 e. The molecule has 0 amide bonds. The summed E-state index contributed by atoms with van der Waals surface area (Å²) in [5.41, 5.74) is 6.58. The van der Waals surface area contributed by atoms with Gasteiger partial charge in [-0.1, -0.05) is 5.16 Å². The van der Waals surface area contributed by atoms with Crippen LogP contribution in [0.5, 0.6) is 5.95 Å². The molecule has 1 aromatic rings. The molecule has 2 rings (SSSR count). The molecule has 1 aromatic heterocycles. The van der Waals surface area contributed by atoms with E-state index >= 15 is 0 Å². The number of ether oxygens (including phenoxy) is 1. The molecule has 0 atom stereocenters. The third kappa shape index (κ3) is 0.903. The molecule has 0 spiro atoms. The number of nitrogens with zero attached hydrogens (tertiary/aromatic N) is 1. The average molecular weight is 154 g/mol. The average Bonchev–Trinajstić information content (AvgIpc) is 2.61. The van der Waals surface area contributed by atoms with Crippen molar-refractivity contribution >= 4 is 0 Å². The molecule has 11 heavy (non-hydrogen) atoms. The van der Waals surface area contributed by atoms with E-state index in [4.69, 9.17) is 15.0 Å². The predicted molar refractivity (Wildman–Crippen MR) is 38.2 cm³/mol. The predicted octanol–water partition coefficient (Wildman–Crippen LogP) is 0.631. The summed E-state index contributed by atoms with van der Waals surface area (Å²) in [5, 5.41) is 3.62. The lowest BCUT2D eigenvalue weighted by atomic mass is 10.1. The summed E-state index contributed by atoms with van der Waals surface area (Å²) in [6, 6.07) is 0. The molecular weight excluding hydrogens is 144 g/mol. The molecule has 60 valence electrons. The van der Waals surface area contributed by atoms with E-state index in [1.54, 1.807) is 13.3 Å². The van der Waals surface area contributed by atoms with Gasteiger partial charge in [-0.15, -0.1) is 0 Å². The fourth-order valence-electron chi connectivity index (χ4n) is 1.11. The van der Waals surface area contributed by atoms with Gasteiger partial charge >= 0.3 is 5.95 Å². The van der Waals surface area contributed by atoms with Crippen LogP contribution in [0.4, 0.5) is 0 Å².